The molecule has 1 atom stereocenters. The maximum absolute atomic E-state index is 12.8. The van der Waals surface area contributed by atoms with Crippen molar-refractivity contribution in [3.05, 3.63) is 28.7 Å². The molecule has 8 nitrogen and oxygen atoms in total. The molecule has 162 valence electrons. The first-order chi connectivity index (χ1) is 14.3. The van der Waals surface area contributed by atoms with E-state index in [1.807, 2.05) is 0 Å². The van der Waals surface area contributed by atoms with Gasteiger partial charge in [0.15, 0.2) is 11.5 Å². The molecule has 1 heterocycles. The van der Waals surface area contributed by atoms with E-state index in [9.17, 15) is 19.5 Å². The van der Waals surface area contributed by atoms with Crippen LogP contribution >= 0.6 is 24.0 Å². The Morgan fingerprint density at radius 3 is 2.63 bits per heavy atom. The number of unbranched alkanes of at least 4 members (excludes halogenated alkanes) is 1. The van der Waals surface area contributed by atoms with Crippen LogP contribution in [0.5, 0.6) is 11.5 Å². The van der Waals surface area contributed by atoms with Crippen LogP contribution in [0.1, 0.15) is 38.2 Å². The summed E-state index contributed by atoms with van der Waals surface area (Å²) in [6.07, 6.45) is 2.89. The van der Waals surface area contributed by atoms with Gasteiger partial charge in [-0.3, -0.25) is 14.5 Å². The van der Waals surface area contributed by atoms with Crippen molar-refractivity contribution in [2.24, 2.45) is 0 Å². The molecule has 0 saturated carbocycles. The van der Waals surface area contributed by atoms with Crippen LogP contribution in [0.25, 0.3) is 6.08 Å². The van der Waals surface area contributed by atoms with Crippen LogP contribution in [-0.2, 0) is 14.4 Å². The zero-order chi connectivity index (χ0) is 22.3. The molecule has 2 rings (SSSR count). The lowest BCUT2D eigenvalue weighted by Crippen LogP contribution is -2.44. The zero-order valence-corrected chi connectivity index (χ0v) is 18.3. The average Bonchev–Trinajstić information content (AvgIpc) is 2.96. The van der Waals surface area contributed by atoms with E-state index >= 15 is 0 Å². The molecule has 1 fully saturated rings. The van der Waals surface area contributed by atoms with E-state index < -0.39 is 23.9 Å². The predicted octanol–water partition coefficient (Wildman–Crippen LogP) is 3.39. The second kappa shape index (κ2) is 11.0. The maximum Gasteiger partial charge on any atom is 0.326 e. The van der Waals surface area contributed by atoms with E-state index in [4.69, 9.17) is 26.8 Å². The molecule has 30 heavy (non-hydrogen) atoms. The first kappa shape index (κ1) is 23.7. The molecule has 0 unspecified atom stereocenters. The quantitative estimate of drug-likeness (QED) is 0.296. The molecule has 1 saturated heterocycles. The van der Waals surface area contributed by atoms with Crippen molar-refractivity contribution in [3.63, 3.8) is 0 Å². The maximum atomic E-state index is 12.8. The number of hydrogen-bond acceptors (Lipinski definition) is 7. The van der Waals surface area contributed by atoms with Gasteiger partial charge < -0.3 is 19.7 Å². The summed E-state index contributed by atoms with van der Waals surface area (Å²) in [4.78, 5) is 36.4. The largest absolute Gasteiger partial charge is 0.493 e. The van der Waals surface area contributed by atoms with Gasteiger partial charge >= 0.3 is 11.9 Å². The van der Waals surface area contributed by atoms with E-state index in [0.29, 0.717) is 23.7 Å². The Hall–Kier alpha value is -2.59. The van der Waals surface area contributed by atoms with Crippen molar-refractivity contribution in [1.82, 2.24) is 4.90 Å². The van der Waals surface area contributed by atoms with Gasteiger partial charge in [0, 0.05) is 6.42 Å². The minimum absolute atomic E-state index is 0.0792. The Morgan fingerprint density at radius 2 is 2.03 bits per heavy atom. The lowest BCUT2D eigenvalue weighted by molar-refractivity contribution is -0.146. The smallest absolute Gasteiger partial charge is 0.326 e. The number of nitrogens with zero attached hydrogens (tertiary/aromatic N) is 1. The van der Waals surface area contributed by atoms with Crippen LogP contribution in [0.3, 0.4) is 0 Å². The van der Waals surface area contributed by atoms with Crippen molar-refractivity contribution in [3.8, 4) is 11.5 Å². The third-order valence-corrected chi connectivity index (χ3v) is 5.62. The van der Waals surface area contributed by atoms with Gasteiger partial charge in [0.05, 0.1) is 18.6 Å². The molecule has 1 aromatic carbocycles. The second-order valence-electron chi connectivity index (χ2n) is 6.45. The van der Waals surface area contributed by atoms with Gasteiger partial charge in [0.2, 0.25) is 0 Å². The number of thiocarbonyl (C=S) groups is 1. The number of carboxylic acid groups (broad SMARTS) is 2. The second-order valence-corrected chi connectivity index (χ2v) is 8.13. The topological polar surface area (TPSA) is 113 Å². The molecule has 2 N–H and O–H groups in total. The first-order valence-corrected chi connectivity index (χ1v) is 10.5. The summed E-state index contributed by atoms with van der Waals surface area (Å²) in [6.45, 7) is 2.63. The van der Waals surface area contributed by atoms with Crippen LogP contribution in [0.15, 0.2) is 23.1 Å². The summed E-state index contributed by atoms with van der Waals surface area (Å²) in [7, 11) is 1.52. The zero-order valence-electron chi connectivity index (χ0n) is 16.6. The summed E-state index contributed by atoms with van der Waals surface area (Å²) in [6, 6.07) is 3.89. The summed E-state index contributed by atoms with van der Waals surface area (Å²) >= 11 is 6.16. The molecule has 1 aliphatic rings. The molecule has 0 spiro atoms. The number of methoxy groups -OCH3 is 1. The summed E-state index contributed by atoms with van der Waals surface area (Å²) in [5.41, 5.74) is 0.660. The van der Waals surface area contributed by atoms with Crippen LogP contribution in [-0.4, -0.2) is 57.0 Å². The van der Waals surface area contributed by atoms with Gasteiger partial charge in [-0.25, -0.2) is 4.79 Å². The van der Waals surface area contributed by atoms with E-state index in [1.54, 1.807) is 24.3 Å². The molecular weight excluding hydrogens is 430 g/mol. The van der Waals surface area contributed by atoms with Crippen molar-refractivity contribution in [2.75, 3.05) is 13.7 Å². The number of carboxylic acids is 2. The van der Waals surface area contributed by atoms with Gasteiger partial charge in [-0.15, -0.1) is 0 Å². The molecule has 0 radical (unpaired) electrons. The fourth-order valence-corrected chi connectivity index (χ4v) is 4.10. The van der Waals surface area contributed by atoms with Crippen LogP contribution in [0.4, 0.5) is 0 Å². The lowest BCUT2D eigenvalue weighted by atomic mass is 10.1. The van der Waals surface area contributed by atoms with Crippen molar-refractivity contribution >= 4 is 52.2 Å². The highest BCUT2D eigenvalue weighted by Crippen LogP contribution is 2.36. The van der Waals surface area contributed by atoms with E-state index in [1.165, 1.54) is 7.11 Å². The highest BCUT2D eigenvalue weighted by Gasteiger charge is 2.40. The summed E-state index contributed by atoms with van der Waals surface area (Å²) in [5.74, 6) is -1.90. The van der Waals surface area contributed by atoms with Crippen LogP contribution in [0.2, 0.25) is 0 Å². The number of ether oxygens (including phenoxy) is 2. The number of carbonyl (C=O) groups is 3. The van der Waals surface area contributed by atoms with Crippen molar-refractivity contribution in [2.45, 2.75) is 38.6 Å². The van der Waals surface area contributed by atoms with Gasteiger partial charge in [0.25, 0.3) is 5.91 Å². The monoisotopic (exact) mass is 453 g/mol. The molecule has 1 aliphatic heterocycles. The SMILES string of the molecule is CCCCOc1ccc(/C=C2\SC(=S)N([C@H](CCC(=O)O)C(=O)O)C2=O)cc1OC. The molecular formula is C20H23NO7S2. The number of aliphatic carboxylic acids is 2. The predicted molar refractivity (Wildman–Crippen MR) is 117 cm³/mol. The minimum atomic E-state index is -1.33. The third-order valence-electron chi connectivity index (χ3n) is 4.29. The van der Waals surface area contributed by atoms with Gasteiger partial charge in [-0.1, -0.05) is 43.4 Å². The fraction of sp³-hybridized carbons (Fsp3) is 0.400. The number of hydrogen-bond donors (Lipinski definition) is 2. The van der Waals surface area contributed by atoms with Crippen LogP contribution < -0.4 is 9.47 Å². The first-order valence-electron chi connectivity index (χ1n) is 9.31. The Labute approximate surface area is 183 Å². The number of thioether (sulfide) groups is 1. The van der Waals surface area contributed by atoms with E-state index in [0.717, 1.165) is 29.5 Å². The molecule has 1 amide bonds. The van der Waals surface area contributed by atoms with Gasteiger partial charge in [-0.2, -0.15) is 0 Å². The van der Waals surface area contributed by atoms with Gasteiger partial charge in [-0.05, 0) is 36.6 Å². The Bertz CT molecular complexity index is 869. The molecule has 0 bridgehead atoms. The highest BCUT2D eigenvalue weighted by molar-refractivity contribution is 8.26. The number of amides is 1. The average molecular weight is 454 g/mol. The van der Waals surface area contributed by atoms with Crippen molar-refractivity contribution in [1.29, 1.82) is 0 Å². The number of carbonyl (C=O) groups excluding carboxylic acids is 1. The molecule has 10 heteroatoms. The van der Waals surface area contributed by atoms with E-state index in [2.05, 4.69) is 6.92 Å². The summed E-state index contributed by atoms with van der Waals surface area (Å²) in [5, 5.41) is 18.3. The highest BCUT2D eigenvalue weighted by atomic mass is 32.2. The van der Waals surface area contributed by atoms with Crippen molar-refractivity contribution < 1.29 is 34.1 Å². The molecule has 1 aromatic rings. The fourth-order valence-electron chi connectivity index (χ4n) is 2.74. The number of rotatable bonds is 11. The normalized spacial score (nSPS) is 16.1. The lowest BCUT2D eigenvalue weighted by Gasteiger charge is -2.22. The number of benzene rings is 1. The molecule has 0 aromatic heterocycles. The standard InChI is InChI=1S/C20H23NO7S2/c1-3-4-9-28-14-7-5-12(10-15(14)27-2)11-16-18(24)21(20(29)30-16)13(19(25)26)6-8-17(22)23/h5,7,10-11,13H,3-4,6,8-9H2,1-2H3,(H,22,23)(H,25,26)/b16-11-/t13-/m1/s1. The van der Waals surface area contributed by atoms with Crippen LogP contribution in [0, 0.1) is 0 Å². The minimum Gasteiger partial charge on any atom is -0.493 e. The van der Waals surface area contributed by atoms with Gasteiger partial charge in [0.1, 0.15) is 10.4 Å². The third kappa shape index (κ3) is 5.96. The Morgan fingerprint density at radius 1 is 1.30 bits per heavy atom. The Kier molecular flexibility index (Phi) is 8.67. The Balaban J connectivity index is 2.23. The summed E-state index contributed by atoms with van der Waals surface area (Å²) < 4.78 is 11.1. The van der Waals surface area contributed by atoms with E-state index in [-0.39, 0.29) is 22.1 Å². The molecule has 0 aliphatic carbocycles.